The molecule has 11 amide bonds. The van der Waals surface area contributed by atoms with Gasteiger partial charge in [0.2, 0.25) is 65.0 Å². The SMILES string of the molecule is C/C=C/C[C@@H](C)[C@@H](O)[C@H]1C(=O)N[C@@H](CC)C(=O)N(C)CC(=O)N(C)[C@@H](CC(C)C)C(=O)N[C@@H](CC(C)C)C(=O)N(C)[C@@H](C)C(=O)N[C@@H](C)C(=O)N[C@H](C)C(=O)N(C)[C@@H](CC(C)C)C(=O)N(C)[C@@H](CC(C)C)C(=O)N(C)[C@@H](C(C)C)C(=O)N1C. The summed E-state index contributed by atoms with van der Waals surface area (Å²) in [6.07, 6.45) is 3.04. The number of likely N-dealkylation sites (N-methyl/N-ethyl adjacent to an activating group) is 7. The Hall–Kier alpha value is -6.13. The van der Waals surface area contributed by atoms with Gasteiger partial charge in [0, 0.05) is 49.3 Å². The molecule has 0 aromatic rings. The Morgan fingerprint density at radius 2 is 0.916 bits per heavy atom. The van der Waals surface area contributed by atoms with Gasteiger partial charge in [-0.15, -0.1) is 0 Å². The van der Waals surface area contributed by atoms with E-state index in [4.69, 9.17) is 0 Å². The van der Waals surface area contributed by atoms with Gasteiger partial charge in [0.1, 0.15) is 60.4 Å². The van der Waals surface area contributed by atoms with E-state index in [1.165, 1.54) is 89.7 Å². The number of nitrogens with zero attached hydrogens (tertiary/aromatic N) is 7. The van der Waals surface area contributed by atoms with Crippen LogP contribution in [-0.4, -0.2) is 227 Å². The summed E-state index contributed by atoms with van der Waals surface area (Å²) in [6.45, 7) is 27.3. The van der Waals surface area contributed by atoms with Crippen LogP contribution in [0.3, 0.4) is 0 Å². The van der Waals surface area contributed by atoms with Crippen LogP contribution in [0.1, 0.15) is 149 Å². The molecule has 0 saturated carbocycles. The van der Waals surface area contributed by atoms with Gasteiger partial charge >= 0.3 is 0 Å². The highest BCUT2D eigenvalue weighted by Crippen LogP contribution is 2.25. The molecule has 0 bridgehead atoms. The number of aliphatic hydroxyl groups excluding tert-OH is 1. The molecule has 83 heavy (non-hydrogen) atoms. The first-order valence-corrected chi connectivity index (χ1v) is 29.7. The van der Waals surface area contributed by atoms with Gasteiger partial charge in [0.05, 0.1) is 12.6 Å². The predicted octanol–water partition coefficient (Wildman–Crippen LogP) is 2.63. The van der Waals surface area contributed by atoms with Crippen molar-refractivity contribution in [1.82, 2.24) is 55.6 Å². The second-order valence-electron chi connectivity index (χ2n) is 25.1. The summed E-state index contributed by atoms with van der Waals surface area (Å²) in [6, 6.07) is -12.3. The van der Waals surface area contributed by atoms with Crippen molar-refractivity contribution in [2.24, 2.45) is 35.5 Å². The number of carbonyl (C=O) groups is 11. The van der Waals surface area contributed by atoms with Gasteiger partial charge in [0.15, 0.2) is 0 Å². The third-order valence-corrected chi connectivity index (χ3v) is 15.7. The molecular formula is C60H107N11O12. The van der Waals surface area contributed by atoms with Gasteiger partial charge in [-0.3, -0.25) is 52.7 Å². The lowest BCUT2D eigenvalue weighted by molar-refractivity contribution is -0.157. The Morgan fingerprint density at radius 1 is 0.470 bits per heavy atom. The average molecular weight is 1170 g/mol. The van der Waals surface area contributed by atoms with E-state index >= 15 is 9.59 Å². The maximum atomic E-state index is 15.1. The quantitative estimate of drug-likeness (QED) is 0.157. The van der Waals surface area contributed by atoms with Crippen molar-refractivity contribution >= 4 is 65.0 Å². The molecule has 1 heterocycles. The molecule has 0 aliphatic carbocycles. The molecule has 1 rings (SSSR count). The van der Waals surface area contributed by atoms with Crippen molar-refractivity contribution in [3.05, 3.63) is 12.2 Å². The molecular weight excluding hydrogens is 1070 g/mol. The number of amides is 11. The van der Waals surface area contributed by atoms with Crippen LogP contribution >= 0.6 is 0 Å². The highest BCUT2D eigenvalue weighted by atomic mass is 16.3. The summed E-state index contributed by atoms with van der Waals surface area (Å²) in [5.74, 6) is -9.24. The Morgan fingerprint density at radius 3 is 1.39 bits per heavy atom. The summed E-state index contributed by atoms with van der Waals surface area (Å²) < 4.78 is 0. The van der Waals surface area contributed by atoms with Crippen molar-refractivity contribution in [1.29, 1.82) is 0 Å². The highest BCUT2D eigenvalue weighted by molar-refractivity contribution is 5.99. The topological polar surface area (TPSA) is 279 Å². The van der Waals surface area contributed by atoms with Gasteiger partial charge < -0.3 is 60.7 Å². The summed E-state index contributed by atoms with van der Waals surface area (Å²) in [7, 11) is 9.85. The summed E-state index contributed by atoms with van der Waals surface area (Å²) >= 11 is 0. The second kappa shape index (κ2) is 34.0. The smallest absolute Gasteiger partial charge is 0.246 e. The fourth-order valence-corrected chi connectivity index (χ4v) is 10.3. The number of aliphatic hydroxyl groups is 1. The van der Waals surface area contributed by atoms with Gasteiger partial charge in [-0.2, -0.15) is 0 Å². The largest absolute Gasteiger partial charge is 0.390 e. The van der Waals surface area contributed by atoms with E-state index in [9.17, 15) is 48.3 Å². The van der Waals surface area contributed by atoms with E-state index in [1.54, 1.807) is 46.8 Å². The minimum Gasteiger partial charge on any atom is -0.390 e. The Kier molecular flexibility index (Phi) is 30.7. The third kappa shape index (κ3) is 21.2. The van der Waals surface area contributed by atoms with Crippen molar-refractivity contribution in [2.75, 3.05) is 55.9 Å². The maximum absolute atomic E-state index is 15.1. The standard InChI is InChI=1S/C60H107N11O12/c1-24-26-27-38(13)50(73)49-54(77)63-42(25-2)56(79)65(17)32-47(72)67(19)44(29-34(5)6)53(76)64-43(28-33(3)4)57(80)66(18)41(16)52(75)61-39(14)51(74)62-40(15)55(78)68(20)45(30-35(7)8)58(81)69(21)46(31-36(9)10)59(82)70(22)48(37(11)12)60(83)71(49)23/h24,26,33-46,48-50,73H,25,27-32H2,1-23H3,(H,61,75)(H,62,74)(H,63,77)(H,64,76)/b26-24+/t38-,39+,40-,41+,42+,43+,44+,45+,46+,48+,49+,50-/m1/s1. The molecule has 0 spiro atoms. The van der Waals surface area contributed by atoms with Gasteiger partial charge in [-0.05, 0) is 102 Å². The Bertz CT molecular complexity index is 2270. The molecule has 1 aliphatic heterocycles. The van der Waals surface area contributed by atoms with E-state index in [2.05, 4.69) is 21.3 Å². The van der Waals surface area contributed by atoms with Crippen molar-refractivity contribution < 1.29 is 57.8 Å². The van der Waals surface area contributed by atoms with Crippen molar-refractivity contribution in [2.45, 2.75) is 216 Å². The number of allylic oxidation sites excluding steroid dienone is 2. The van der Waals surface area contributed by atoms with Crippen molar-refractivity contribution in [3.63, 3.8) is 0 Å². The van der Waals surface area contributed by atoms with E-state index in [0.717, 1.165) is 14.7 Å². The van der Waals surface area contributed by atoms with E-state index in [-0.39, 0.29) is 55.8 Å². The number of hydrogen-bond acceptors (Lipinski definition) is 12. The summed E-state index contributed by atoms with van der Waals surface area (Å²) in [5, 5.41) is 22.9. The van der Waals surface area contributed by atoms with Gasteiger partial charge in [-0.1, -0.05) is 95.2 Å². The first-order valence-electron chi connectivity index (χ1n) is 29.7. The number of carbonyl (C=O) groups excluding carboxylic acids is 11. The molecule has 0 unspecified atom stereocenters. The zero-order valence-electron chi connectivity index (χ0n) is 54.5. The van der Waals surface area contributed by atoms with Crippen LogP contribution in [0.4, 0.5) is 0 Å². The van der Waals surface area contributed by atoms with Crippen molar-refractivity contribution in [3.8, 4) is 0 Å². The molecule has 0 aromatic carbocycles. The molecule has 0 radical (unpaired) electrons. The molecule has 5 N–H and O–H groups in total. The molecule has 1 saturated heterocycles. The number of nitrogens with one attached hydrogen (secondary N) is 4. The van der Waals surface area contributed by atoms with E-state index in [1.807, 2.05) is 55.4 Å². The lowest BCUT2D eigenvalue weighted by Crippen LogP contribution is -2.63. The van der Waals surface area contributed by atoms with Crippen LogP contribution in [0, 0.1) is 35.5 Å². The highest BCUT2D eigenvalue weighted by Gasteiger charge is 2.45. The predicted molar refractivity (Wildman–Crippen MR) is 319 cm³/mol. The molecule has 1 aliphatic rings. The first-order chi connectivity index (χ1) is 38.3. The normalized spacial score (nSPS) is 27.2. The van der Waals surface area contributed by atoms with Crippen LogP contribution in [0.15, 0.2) is 12.2 Å². The van der Waals surface area contributed by atoms with Crippen LogP contribution in [0.2, 0.25) is 0 Å². The Balaban J connectivity index is 4.26. The minimum absolute atomic E-state index is 0.0241. The lowest BCUT2D eigenvalue weighted by atomic mass is 9.91. The van der Waals surface area contributed by atoms with Crippen LogP contribution in [-0.2, 0) is 52.7 Å². The average Bonchev–Trinajstić information content (AvgIpc) is 3.49. The third-order valence-electron chi connectivity index (χ3n) is 15.7. The zero-order valence-corrected chi connectivity index (χ0v) is 54.5. The number of hydrogen-bond donors (Lipinski definition) is 5. The van der Waals surface area contributed by atoms with Crippen LogP contribution in [0.25, 0.3) is 0 Å². The summed E-state index contributed by atoms with van der Waals surface area (Å²) in [5.41, 5.74) is 0. The lowest BCUT2D eigenvalue weighted by Gasteiger charge is -2.41. The first kappa shape index (κ1) is 74.9. The zero-order chi connectivity index (χ0) is 64.4. The number of rotatable bonds is 14. The van der Waals surface area contributed by atoms with Gasteiger partial charge in [-0.25, -0.2) is 0 Å². The molecule has 1 fully saturated rings. The molecule has 23 heteroatoms. The molecule has 0 aromatic heterocycles. The fourth-order valence-electron chi connectivity index (χ4n) is 10.3. The second-order valence-corrected chi connectivity index (χ2v) is 25.1. The van der Waals surface area contributed by atoms with Crippen LogP contribution in [0.5, 0.6) is 0 Å². The van der Waals surface area contributed by atoms with Crippen LogP contribution < -0.4 is 21.3 Å². The molecule has 474 valence electrons. The molecule has 12 atom stereocenters. The Labute approximate surface area is 496 Å². The summed E-state index contributed by atoms with van der Waals surface area (Å²) in [4.78, 5) is 167. The minimum atomic E-state index is -1.61. The monoisotopic (exact) mass is 1170 g/mol. The maximum Gasteiger partial charge on any atom is 0.246 e. The van der Waals surface area contributed by atoms with E-state index in [0.29, 0.717) is 6.42 Å². The van der Waals surface area contributed by atoms with Gasteiger partial charge in [0.25, 0.3) is 0 Å². The van der Waals surface area contributed by atoms with E-state index < -0.39 is 150 Å². The molecule has 23 nitrogen and oxygen atoms in total. The fraction of sp³-hybridized carbons (Fsp3) is 0.783.